The molecule has 0 spiro atoms. The van der Waals surface area contributed by atoms with Crippen molar-refractivity contribution in [2.45, 2.75) is 0 Å². The summed E-state index contributed by atoms with van der Waals surface area (Å²) in [4.78, 5) is 18.7. The molecule has 7 heteroatoms. The minimum absolute atomic E-state index is 0.215. The van der Waals surface area contributed by atoms with E-state index in [4.69, 9.17) is 15.2 Å². The number of benzene rings is 2. The Kier molecular flexibility index (Phi) is 4.20. The number of nitrogens with one attached hydrogen (secondary N) is 1. The Morgan fingerprint density at radius 3 is 2.78 bits per heavy atom. The van der Waals surface area contributed by atoms with Crippen molar-refractivity contribution in [1.29, 1.82) is 0 Å². The Morgan fingerprint density at radius 2 is 2.09 bits per heavy atom. The highest BCUT2D eigenvalue weighted by molar-refractivity contribution is 9.10. The number of nitrogens with zero attached hydrogens (tertiary/aromatic N) is 1. The third kappa shape index (κ3) is 3.14. The van der Waals surface area contributed by atoms with Crippen molar-refractivity contribution in [3.8, 4) is 22.9 Å². The molecule has 0 bridgehead atoms. The van der Waals surface area contributed by atoms with Crippen LogP contribution < -0.4 is 15.2 Å². The van der Waals surface area contributed by atoms with E-state index in [0.29, 0.717) is 17.3 Å². The van der Waals surface area contributed by atoms with Gasteiger partial charge in [0.05, 0.1) is 18.1 Å². The first-order valence-corrected chi connectivity index (χ1v) is 7.61. The average molecular weight is 376 g/mol. The summed E-state index contributed by atoms with van der Waals surface area (Å²) in [5.74, 6) is 1.07. The minimum Gasteiger partial charge on any atom is -0.493 e. The fourth-order valence-electron chi connectivity index (χ4n) is 2.22. The Morgan fingerprint density at radius 1 is 1.30 bits per heavy atom. The fraction of sp³-hybridized carbons (Fsp3) is 0.125. The number of carbonyl (C=O) groups excluding carboxylic acids is 1. The number of imidazole rings is 1. The molecular weight excluding hydrogens is 362 g/mol. The van der Waals surface area contributed by atoms with Crippen LogP contribution in [0, 0.1) is 0 Å². The van der Waals surface area contributed by atoms with Crippen LogP contribution in [0.2, 0.25) is 0 Å². The predicted molar refractivity (Wildman–Crippen MR) is 90.5 cm³/mol. The number of H-pyrrole nitrogens is 1. The van der Waals surface area contributed by atoms with E-state index in [-0.39, 0.29) is 6.61 Å². The number of hydrogen-bond donors (Lipinski definition) is 2. The second kappa shape index (κ2) is 6.29. The van der Waals surface area contributed by atoms with Crippen LogP contribution in [0.3, 0.4) is 0 Å². The smallest absolute Gasteiger partial charge is 0.255 e. The van der Waals surface area contributed by atoms with Gasteiger partial charge in [-0.1, -0.05) is 12.1 Å². The lowest BCUT2D eigenvalue weighted by atomic mass is 10.2. The van der Waals surface area contributed by atoms with Gasteiger partial charge in [0.15, 0.2) is 18.1 Å². The molecule has 6 nitrogen and oxygen atoms in total. The zero-order valence-corrected chi connectivity index (χ0v) is 13.9. The van der Waals surface area contributed by atoms with Gasteiger partial charge in [0, 0.05) is 10.0 Å². The summed E-state index contributed by atoms with van der Waals surface area (Å²) in [7, 11) is 1.53. The number of fused-ring (bicyclic) bond motifs is 1. The van der Waals surface area contributed by atoms with Crippen LogP contribution in [0.25, 0.3) is 22.4 Å². The van der Waals surface area contributed by atoms with Crippen LogP contribution in [0.4, 0.5) is 0 Å². The molecule has 3 aromatic rings. The molecule has 118 valence electrons. The quantitative estimate of drug-likeness (QED) is 0.717. The van der Waals surface area contributed by atoms with Crippen LogP contribution >= 0.6 is 15.9 Å². The number of carbonyl (C=O) groups is 1. The molecule has 0 aliphatic rings. The fourth-order valence-corrected chi connectivity index (χ4v) is 2.73. The van der Waals surface area contributed by atoms with E-state index in [2.05, 4.69) is 25.9 Å². The topological polar surface area (TPSA) is 90.2 Å². The number of nitrogens with two attached hydrogens (primary N) is 1. The number of methoxy groups -OCH3 is 1. The third-order valence-electron chi connectivity index (χ3n) is 3.27. The van der Waals surface area contributed by atoms with E-state index in [0.717, 1.165) is 21.1 Å². The van der Waals surface area contributed by atoms with Gasteiger partial charge in [0.1, 0.15) is 5.82 Å². The maximum Gasteiger partial charge on any atom is 0.255 e. The SMILES string of the molecule is COc1cc(-c2nc3ccccc3[nH]2)c(Br)cc1OCC(N)=O. The molecule has 0 saturated heterocycles. The summed E-state index contributed by atoms with van der Waals surface area (Å²) in [6.45, 7) is -0.215. The lowest BCUT2D eigenvalue weighted by Crippen LogP contribution is -2.20. The predicted octanol–water partition coefficient (Wildman–Crippen LogP) is 2.87. The third-order valence-corrected chi connectivity index (χ3v) is 3.92. The molecule has 23 heavy (non-hydrogen) atoms. The van der Waals surface area contributed by atoms with E-state index in [9.17, 15) is 4.79 Å². The number of amides is 1. The maximum absolute atomic E-state index is 10.9. The zero-order chi connectivity index (χ0) is 16.4. The standard InChI is InChI=1S/C16H14BrN3O3/c1-22-13-6-9(10(17)7-14(13)23-8-15(18)21)16-19-11-4-2-3-5-12(11)20-16/h2-7H,8H2,1H3,(H2,18,21)(H,19,20). The van der Waals surface area contributed by atoms with Crippen LogP contribution in [0.5, 0.6) is 11.5 Å². The number of primary amides is 1. The van der Waals surface area contributed by atoms with Crippen molar-refractivity contribution in [3.05, 3.63) is 40.9 Å². The Labute approximate surface area is 140 Å². The van der Waals surface area contributed by atoms with Crippen molar-refractivity contribution in [3.63, 3.8) is 0 Å². The lowest BCUT2D eigenvalue weighted by molar-refractivity contribution is -0.119. The lowest BCUT2D eigenvalue weighted by Gasteiger charge is -2.12. The summed E-state index contributed by atoms with van der Waals surface area (Å²) in [5, 5.41) is 0. The number of para-hydroxylation sites is 2. The Hall–Kier alpha value is -2.54. The molecule has 0 fully saturated rings. The van der Waals surface area contributed by atoms with Gasteiger partial charge in [-0.05, 0) is 40.2 Å². The van der Waals surface area contributed by atoms with Crippen molar-refractivity contribution in [1.82, 2.24) is 9.97 Å². The van der Waals surface area contributed by atoms with E-state index < -0.39 is 5.91 Å². The van der Waals surface area contributed by atoms with Crippen molar-refractivity contribution < 1.29 is 14.3 Å². The van der Waals surface area contributed by atoms with Crippen molar-refractivity contribution in [2.75, 3.05) is 13.7 Å². The molecule has 0 atom stereocenters. The Bertz CT molecular complexity index is 843. The molecule has 0 aliphatic heterocycles. The molecule has 1 amide bonds. The monoisotopic (exact) mass is 375 g/mol. The number of rotatable bonds is 5. The molecule has 0 unspecified atom stereocenters. The van der Waals surface area contributed by atoms with Crippen LogP contribution in [0.1, 0.15) is 0 Å². The van der Waals surface area contributed by atoms with Gasteiger partial charge in [0.2, 0.25) is 0 Å². The van der Waals surface area contributed by atoms with Gasteiger partial charge in [-0.15, -0.1) is 0 Å². The first-order chi connectivity index (χ1) is 11.1. The highest BCUT2D eigenvalue weighted by Gasteiger charge is 2.15. The summed E-state index contributed by atoms with van der Waals surface area (Å²) in [5.41, 5.74) is 7.75. The molecular formula is C16H14BrN3O3. The molecule has 0 aliphatic carbocycles. The van der Waals surface area contributed by atoms with Gasteiger partial charge in [-0.25, -0.2) is 4.98 Å². The van der Waals surface area contributed by atoms with Gasteiger partial charge in [-0.3, -0.25) is 4.79 Å². The largest absolute Gasteiger partial charge is 0.493 e. The molecule has 0 saturated carbocycles. The molecule has 2 aromatic carbocycles. The summed E-state index contributed by atoms with van der Waals surface area (Å²) >= 11 is 3.50. The molecule has 3 N–H and O–H groups in total. The number of hydrogen-bond acceptors (Lipinski definition) is 4. The normalized spacial score (nSPS) is 10.7. The zero-order valence-electron chi connectivity index (χ0n) is 12.3. The molecule has 1 heterocycles. The summed E-state index contributed by atoms with van der Waals surface area (Å²) < 4.78 is 11.5. The van der Waals surface area contributed by atoms with Crippen LogP contribution in [0.15, 0.2) is 40.9 Å². The van der Waals surface area contributed by atoms with E-state index in [1.54, 1.807) is 12.1 Å². The summed E-state index contributed by atoms with van der Waals surface area (Å²) in [6.07, 6.45) is 0. The van der Waals surface area contributed by atoms with Crippen LogP contribution in [-0.4, -0.2) is 29.6 Å². The van der Waals surface area contributed by atoms with E-state index in [1.165, 1.54) is 7.11 Å². The first-order valence-electron chi connectivity index (χ1n) is 6.82. The minimum atomic E-state index is -0.551. The van der Waals surface area contributed by atoms with E-state index >= 15 is 0 Å². The van der Waals surface area contributed by atoms with Crippen molar-refractivity contribution in [2.24, 2.45) is 5.73 Å². The summed E-state index contributed by atoms with van der Waals surface area (Å²) in [6, 6.07) is 11.3. The molecule has 0 radical (unpaired) electrons. The van der Waals surface area contributed by atoms with Gasteiger partial charge >= 0.3 is 0 Å². The maximum atomic E-state index is 10.9. The number of halogens is 1. The van der Waals surface area contributed by atoms with E-state index in [1.807, 2.05) is 24.3 Å². The first kappa shape index (κ1) is 15.4. The van der Waals surface area contributed by atoms with Crippen molar-refractivity contribution >= 4 is 32.9 Å². The second-order valence-electron chi connectivity index (χ2n) is 4.84. The number of aromatic amines is 1. The second-order valence-corrected chi connectivity index (χ2v) is 5.69. The highest BCUT2D eigenvalue weighted by Crippen LogP contribution is 2.38. The van der Waals surface area contributed by atoms with Gasteiger partial charge in [-0.2, -0.15) is 0 Å². The molecule has 3 rings (SSSR count). The van der Waals surface area contributed by atoms with Gasteiger partial charge in [0.25, 0.3) is 5.91 Å². The highest BCUT2D eigenvalue weighted by atomic mass is 79.9. The van der Waals surface area contributed by atoms with Crippen LogP contribution in [-0.2, 0) is 4.79 Å². The average Bonchev–Trinajstić information content (AvgIpc) is 2.96. The number of ether oxygens (including phenoxy) is 2. The van der Waals surface area contributed by atoms with Gasteiger partial charge < -0.3 is 20.2 Å². The number of aromatic nitrogens is 2. The molecule has 1 aromatic heterocycles. The Balaban J connectivity index is 2.03.